The Labute approximate surface area is 123 Å². The van der Waals surface area contributed by atoms with E-state index in [9.17, 15) is 0 Å². The van der Waals surface area contributed by atoms with Crippen molar-refractivity contribution in [1.29, 1.82) is 0 Å². The third kappa shape index (κ3) is 2.65. The van der Waals surface area contributed by atoms with Gasteiger partial charge in [-0.1, -0.05) is 30.3 Å². The summed E-state index contributed by atoms with van der Waals surface area (Å²) in [4.78, 5) is 9.02. The molecule has 0 aliphatic carbocycles. The number of rotatable bonds is 4. The fourth-order valence-corrected chi connectivity index (χ4v) is 2.36. The monoisotopic (exact) mass is 280 g/mol. The molecular weight excluding hydrogens is 264 g/mol. The first-order chi connectivity index (χ1) is 10.3. The maximum absolute atomic E-state index is 5.45. The summed E-state index contributed by atoms with van der Waals surface area (Å²) < 4.78 is 10.8. The molecule has 2 aromatic carbocycles. The first kappa shape index (κ1) is 13.4. The summed E-state index contributed by atoms with van der Waals surface area (Å²) >= 11 is 0. The lowest BCUT2D eigenvalue weighted by molar-refractivity contribution is 0.352. The Morgan fingerprint density at radius 2 is 1.81 bits per heavy atom. The first-order valence-corrected chi connectivity index (χ1v) is 6.72. The van der Waals surface area contributed by atoms with E-state index >= 15 is 0 Å². The maximum atomic E-state index is 5.45. The maximum Gasteiger partial charge on any atom is 0.164 e. The van der Waals surface area contributed by atoms with Gasteiger partial charge in [-0.25, -0.2) is 9.97 Å². The van der Waals surface area contributed by atoms with Crippen LogP contribution in [0, 0.1) is 0 Å². The molecule has 0 amide bonds. The molecule has 3 aromatic rings. The molecule has 0 bridgehead atoms. The zero-order valence-corrected chi connectivity index (χ0v) is 12.0. The van der Waals surface area contributed by atoms with E-state index in [1.54, 1.807) is 14.2 Å². The van der Waals surface area contributed by atoms with E-state index < -0.39 is 0 Å². The third-order valence-electron chi connectivity index (χ3n) is 3.37. The number of ether oxygens (including phenoxy) is 2. The first-order valence-electron chi connectivity index (χ1n) is 6.72. The molecule has 3 rings (SSSR count). The molecular formula is C17H16N2O2. The average Bonchev–Trinajstić information content (AvgIpc) is 2.54. The van der Waals surface area contributed by atoms with E-state index in [-0.39, 0.29) is 0 Å². The van der Waals surface area contributed by atoms with Crippen molar-refractivity contribution >= 4 is 10.9 Å². The standard InChI is InChI=1S/C17H16N2O2/c1-20-15-9-5-7-12(17(15)21-2)10-16-18-11-13-6-3-4-8-14(13)19-16/h3-9,11H,10H2,1-2H3. The van der Waals surface area contributed by atoms with Gasteiger partial charge in [0.15, 0.2) is 11.5 Å². The second-order valence-electron chi connectivity index (χ2n) is 4.67. The number of methoxy groups -OCH3 is 2. The van der Waals surface area contributed by atoms with Crippen molar-refractivity contribution in [1.82, 2.24) is 9.97 Å². The molecule has 0 saturated carbocycles. The second-order valence-corrected chi connectivity index (χ2v) is 4.67. The fourth-order valence-electron chi connectivity index (χ4n) is 2.36. The van der Waals surface area contributed by atoms with Crippen molar-refractivity contribution in [2.45, 2.75) is 6.42 Å². The summed E-state index contributed by atoms with van der Waals surface area (Å²) in [6.07, 6.45) is 2.45. The van der Waals surface area contributed by atoms with E-state index in [0.717, 1.165) is 33.8 Å². The quantitative estimate of drug-likeness (QED) is 0.736. The number of para-hydroxylation sites is 2. The highest BCUT2D eigenvalue weighted by Crippen LogP contribution is 2.31. The van der Waals surface area contributed by atoms with Crippen LogP contribution in [-0.2, 0) is 6.42 Å². The lowest BCUT2D eigenvalue weighted by Gasteiger charge is -2.12. The minimum atomic E-state index is 0.602. The van der Waals surface area contributed by atoms with Crippen LogP contribution in [0.4, 0.5) is 0 Å². The summed E-state index contributed by atoms with van der Waals surface area (Å²) in [5, 5.41) is 1.04. The molecule has 4 heteroatoms. The molecule has 0 N–H and O–H groups in total. The van der Waals surface area contributed by atoms with Gasteiger partial charge in [0, 0.05) is 23.6 Å². The fraction of sp³-hybridized carbons (Fsp3) is 0.176. The Hall–Kier alpha value is -2.62. The SMILES string of the molecule is COc1cccc(Cc2ncc3ccccc3n2)c1OC. The Kier molecular flexibility index (Phi) is 3.69. The normalized spacial score (nSPS) is 10.6. The van der Waals surface area contributed by atoms with Gasteiger partial charge < -0.3 is 9.47 Å². The Morgan fingerprint density at radius 3 is 2.62 bits per heavy atom. The van der Waals surface area contributed by atoms with Crippen LogP contribution in [0.25, 0.3) is 10.9 Å². The van der Waals surface area contributed by atoms with Gasteiger partial charge in [0.25, 0.3) is 0 Å². The number of hydrogen-bond acceptors (Lipinski definition) is 4. The highest BCUT2D eigenvalue weighted by molar-refractivity contribution is 5.77. The van der Waals surface area contributed by atoms with Gasteiger partial charge >= 0.3 is 0 Å². The Bertz CT molecular complexity index is 772. The predicted octanol–water partition coefficient (Wildman–Crippen LogP) is 3.24. The number of benzene rings is 2. The number of nitrogens with zero attached hydrogens (tertiary/aromatic N) is 2. The van der Waals surface area contributed by atoms with Crippen molar-refractivity contribution < 1.29 is 9.47 Å². The summed E-state index contributed by atoms with van der Waals surface area (Å²) in [6.45, 7) is 0. The summed E-state index contributed by atoms with van der Waals surface area (Å²) in [6, 6.07) is 13.8. The van der Waals surface area contributed by atoms with Crippen LogP contribution >= 0.6 is 0 Å². The number of fused-ring (bicyclic) bond motifs is 1. The molecule has 0 unspecified atom stereocenters. The molecule has 1 heterocycles. The van der Waals surface area contributed by atoms with Crippen LogP contribution in [0.5, 0.6) is 11.5 Å². The van der Waals surface area contributed by atoms with Gasteiger partial charge in [-0.15, -0.1) is 0 Å². The van der Waals surface area contributed by atoms with Crippen LogP contribution < -0.4 is 9.47 Å². The van der Waals surface area contributed by atoms with Crippen LogP contribution in [-0.4, -0.2) is 24.2 Å². The van der Waals surface area contributed by atoms with Crippen molar-refractivity contribution in [2.75, 3.05) is 14.2 Å². The van der Waals surface area contributed by atoms with E-state index in [0.29, 0.717) is 6.42 Å². The van der Waals surface area contributed by atoms with Crippen LogP contribution in [0.15, 0.2) is 48.7 Å². The van der Waals surface area contributed by atoms with E-state index in [1.807, 2.05) is 48.7 Å². The van der Waals surface area contributed by atoms with Crippen LogP contribution in [0.2, 0.25) is 0 Å². The molecule has 0 aliphatic rings. The molecule has 0 saturated heterocycles. The average molecular weight is 280 g/mol. The van der Waals surface area contributed by atoms with Crippen LogP contribution in [0.1, 0.15) is 11.4 Å². The number of aromatic nitrogens is 2. The summed E-state index contributed by atoms with van der Waals surface area (Å²) in [5.74, 6) is 2.22. The van der Waals surface area contributed by atoms with Crippen molar-refractivity contribution in [2.24, 2.45) is 0 Å². The highest BCUT2D eigenvalue weighted by atomic mass is 16.5. The van der Waals surface area contributed by atoms with Gasteiger partial charge in [0.05, 0.1) is 19.7 Å². The Balaban J connectivity index is 1.98. The summed E-state index contributed by atoms with van der Waals surface area (Å²) in [7, 11) is 3.27. The largest absolute Gasteiger partial charge is 0.493 e. The molecule has 0 aliphatic heterocycles. The molecule has 21 heavy (non-hydrogen) atoms. The minimum absolute atomic E-state index is 0.602. The molecule has 0 fully saturated rings. The lowest BCUT2D eigenvalue weighted by atomic mass is 10.1. The van der Waals surface area contributed by atoms with Gasteiger partial charge in [-0.3, -0.25) is 0 Å². The van der Waals surface area contributed by atoms with E-state index in [4.69, 9.17) is 9.47 Å². The molecule has 0 atom stereocenters. The second kappa shape index (κ2) is 5.79. The third-order valence-corrected chi connectivity index (χ3v) is 3.37. The Morgan fingerprint density at radius 1 is 0.952 bits per heavy atom. The zero-order chi connectivity index (χ0) is 14.7. The van der Waals surface area contributed by atoms with Crippen molar-refractivity contribution in [3.63, 3.8) is 0 Å². The van der Waals surface area contributed by atoms with Crippen molar-refractivity contribution in [3.05, 3.63) is 60.0 Å². The van der Waals surface area contributed by atoms with Gasteiger partial charge in [-0.2, -0.15) is 0 Å². The number of hydrogen-bond donors (Lipinski definition) is 0. The van der Waals surface area contributed by atoms with E-state index in [1.165, 1.54) is 0 Å². The zero-order valence-electron chi connectivity index (χ0n) is 12.0. The molecule has 0 radical (unpaired) electrons. The molecule has 0 spiro atoms. The minimum Gasteiger partial charge on any atom is -0.493 e. The lowest BCUT2D eigenvalue weighted by Crippen LogP contribution is -2.00. The van der Waals surface area contributed by atoms with Crippen molar-refractivity contribution in [3.8, 4) is 11.5 Å². The molecule has 1 aromatic heterocycles. The molecule has 106 valence electrons. The molecule has 4 nitrogen and oxygen atoms in total. The predicted molar refractivity (Wildman–Crippen MR) is 81.9 cm³/mol. The highest BCUT2D eigenvalue weighted by Gasteiger charge is 2.11. The topological polar surface area (TPSA) is 44.2 Å². The van der Waals surface area contributed by atoms with Crippen LogP contribution in [0.3, 0.4) is 0 Å². The van der Waals surface area contributed by atoms with Gasteiger partial charge in [0.2, 0.25) is 0 Å². The van der Waals surface area contributed by atoms with E-state index in [2.05, 4.69) is 9.97 Å². The summed E-state index contributed by atoms with van der Waals surface area (Å²) in [5.41, 5.74) is 1.96. The van der Waals surface area contributed by atoms with Gasteiger partial charge in [-0.05, 0) is 12.1 Å². The smallest absolute Gasteiger partial charge is 0.164 e. The van der Waals surface area contributed by atoms with Gasteiger partial charge in [0.1, 0.15) is 5.82 Å².